The van der Waals surface area contributed by atoms with Crippen molar-refractivity contribution in [2.45, 2.75) is 44.0 Å². The SMILES string of the molecule is CC(C)(C)n1ccnc1SCC(=O)NCCC(O)c1ccccc1. The first kappa shape index (κ1) is 18.5. The van der Waals surface area contributed by atoms with Crippen molar-refractivity contribution in [1.29, 1.82) is 0 Å². The van der Waals surface area contributed by atoms with Crippen LogP contribution in [0, 0.1) is 0 Å². The normalized spacial score (nSPS) is 12.8. The highest BCUT2D eigenvalue weighted by Gasteiger charge is 2.17. The van der Waals surface area contributed by atoms with Gasteiger partial charge in [-0.25, -0.2) is 4.98 Å². The molecule has 0 bridgehead atoms. The molecule has 1 aromatic heterocycles. The average Bonchev–Trinajstić information content (AvgIpc) is 3.02. The summed E-state index contributed by atoms with van der Waals surface area (Å²) in [6.07, 6.45) is 3.62. The number of rotatable bonds is 7. The molecule has 0 aliphatic heterocycles. The summed E-state index contributed by atoms with van der Waals surface area (Å²) in [4.78, 5) is 16.3. The topological polar surface area (TPSA) is 67.2 Å². The molecule has 24 heavy (non-hydrogen) atoms. The minimum Gasteiger partial charge on any atom is -0.388 e. The van der Waals surface area contributed by atoms with Crippen LogP contribution in [0.15, 0.2) is 47.9 Å². The molecule has 2 aromatic rings. The number of nitrogens with zero attached hydrogens (tertiary/aromatic N) is 2. The van der Waals surface area contributed by atoms with E-state index in [1.807, 2.05) is 36.5 Å². The van der Waals surface area contributed by atoms with Crippen molar-refractivity contribution in [2.75, 3.05) is 12.3 Å². The maximum absolute atomic E-state index is 12.0. The standard InChI is InChI=1S/C18H25N3O2S/c1-18(2,3)21-12-11-20-17(21)24-13-16(23)19-10-9-15(22)14-7-5-4-6-8-14/h4-8,11-12,15,22H,9-10,13H2,1-3H3,(H,19,23). The molecule has 1 atom stereocenters. The number of carbonyl (C=O) groups excluding carboxylic acids is 1. The summed E-state index contributed by atoms with van der Waals surface area (Å²) < 4.78 is 2.06. The van der Waals surface area contributed by atoms with Gasteiger partial charge in [0.15, 0.2) is 5.16 Å². The Kier molecular flexibility index (Phi) is 6.45. The zero-order chi connectivity index (χ0) is 17.6. The van der Waals surface area contributed by atoms with E-state index in [4.69, 9.17) is 0 Å². The number of thioether (sulfide) groups is 1. The van der Waals surface area contributed by atoms with Gasteiger partial charge in [0.1, 0.15) is 0 Å². The first-order valence-electron chi connectivity index (χ1n) is 8.04. The summed E-state index contributed by atoms with van der Waals surface area (Å²) >= 11 is 1.42. The molecular formula is C18H25N3O2S. The van der Waals surface area contributed by atoms with E-state index in [1.165, 1.54) is 11.8 Å². The summed E-state index contributed by atoms with van der Waals surface area (Å²) in [5, 5.41) is 13.8. The van der Waals surface area contributed by atoms with Gasteiger partial charge < -0.3 is 15.0 Å². The lowest BCUT2D eigenvalue weighted by Crippen LogP contribution is -2.28. The van der Waals surface area contributed by atoms with Crippen molar-refractivity contribution in [3.63, 3.8) is 0 Å². The van der Waals surface area contributed by atoms with E-state index in [2.05, 4.69) is 35.6 Å². The third-order valence-electron chi connectivity index (χ3n) is 3.59. The number of carbonyl (C=O) groups is 1. The number of nitrogens with one attached hydrogen (secondary N) is 1. The van der Waals surface area contributed by atoms with Crippen LogP contribution in [-0.4, -0.2) is 32.9 Å². The van der Waals surface area contributed by atoms with Crippen LogP contribution >= 0.6 is 11.8 Å². The molecule has 1 aromatic carbocycles. The molecule has 5 nitrogen and oxygen atoms in total. The fourth-order valence-electron chi connectivity index (χ4n) is 2.28. The van der Waals surface area contributed by atoms with Crippen LogP contribution < -0.4 is 5.32 Å². The first-order valence-corrected chi connectivity index (χ1v) is 9.03. The maximum atomic E-state index is 12.0. The lowest BCUT2D eigenvalue weighted by molar-refractivity contribution is -0.118. The number of hydrogen-bond acceptors (Lipinski definition) is 4. The molecule has 0 saturated heterocycles. The van der Waals surface area contributed by atoms with Crippen LogP contribution in [0.2, 0.25) is 0 Å². The Hall–Kier alpha value is -1.79. The molecule has 6 heteroatoms. The lowest BCUT2D eigenvalue weighted by Gasteiger charge is -2.22. The molecule has 0 spiro atoms. The highest BCUT2D eigenvalue weighted by atomic mass is 32.2. The van der Waals surface area contributed by atoms with E-state index < -0.39 is 6.10 Å². The number of amides is 1. The number of aromatic nitrogens is 2. The quantitative estimate of drug-likeness (QED) is 0.756. The Bertz CT molecular complexity index is 650. The van der Waals surface area contributed by atoms with E-state index in [0.717, 1.165) is 10.7 Å². The smallest absolute Gasteiger partial charge is 0.230 e. The number of hydrogen-bond donors (Lipinski definition) is 2. The monoisotopic (exact) mass is 347 g/mol. The van der Waals surface area contributed by atoms with E-state index in [-0.39, 0.29) is 11.4 Å². The molecular weight excluding hydrogens is 322 g/mol. The van der Waals surface area contributed by atoms with Gasteiger partial charge in [0.25, 0.3) is 0 Å². The molecule has 0 aliphatic carbocycles. The summed E-state index contributed by atoms with van der Waals surface area (Å²) in [5.74, 6) is 0.262. The number of imidazole rings is 1. The summed E-state index contributed by atoms with van der Waals surface area (Å²) in [6, 6.07) is 9.47. The minimum atomic E-state index is -0.557. The highest BCUT2D eigenvalue weighted by molar-refractivity contribution is 7.99. The first-order chi connectivity index (χ1) is 11.4. The van der Waals surface area contributed by atoms with Crippen molar-refractivity contribution >= 4 is 17.7 Å². The third kappa shape index (κ3) is 5.39. The lowest BCUT2D eigenvalue weighted by atomic mass is 10.1. The Labute approximate surface area is 147 Å². The van der Waals surface area contributed by atoms with Crippen molar-refractivity contribution in [1.82, 2.24) is 14.9 Å². The number of benzene rings is 1. The van der Waals surface area contributed by atoms with Crippen LogP contribution in [0.1, 0.15) is 38.9 Å². The van der Waals surface area contributed by atoms with Gasteiger partial charge in [-0.3, -0.25) is 4.79 Å². The van der Waals surface area contributed by atoms with Gasteiger partial charge in [-0.1, -0.05) is 42.1 Å². The van der Waals surface area contributed by atoms with Gasteiger partial charge in [0.05, 0.1) is 11.9 Å². The van der Waals surface area contributed by atoms with E-state index >= 15 is 0 Å². The van der Waals surface area contributed by atoms with Crippen molar-refractivity contribution in [3.8, 4) is 0 Å². The Morgan fingerprint density at radius 3 is 2.71 bits per heavy atom. The Morgan fingerprint density at radius 1 is 1.33 bits per heavy atom. The summed E-state index contributed by atoms with van der Waals surface area (Å²) in [7, 11) is 0. The third-order valence-corrected chi connectivity index (χ3v) is 4.55. The zero-order valence-corrected chi connectivity index (χ0v) is 15.2. The molecule has 0 radical (unpaired) electrons. The Morgan fingerprint density at radius 2 is 2.04 bits per heavy atom. The van der Waals surface area contributed by atoms with E-state index in [9.17, 15) is 9.90 Å². The molecule has 130 valence electrons. The summed E-state index contributed by atoms with van der Waals surface area (Å²) in [5.41, 5.74) is 0.808. The fourth-order valence-corrected chi connectivity index (χ4v) is 3.25. The van der Waals surface area contributed by atoms with Gasteiger partial charge in [-0.05, 0) is 32.8 Å². The molecule has 0 aliphatic rings. The van der Waals surface area contributed by atoms with Crippen LogP contribution in [0.25, 0.3) is 0 Å². The molecule has 0 fully saturated rings. The highest BCUT2D eigenvalue weighted by Crippen LogP contribution is 2.23. The van der Waals surface area contributed by atoms with Crippen LogP contribution in [0.3, 0.4) is 0 Å². The number of aliphatic hydroxyl groups excluding tert-OH is 1. The fraction of sp³-hybridized carbons (Fsp3) is 0.444. The largest absolute Gasteiger partial charge is 0.388 e. The van der Waals surface area contributed by atoms with E-state index in [1.54, 1.807) is 6.20 Å². The van der Waals surface area contributed by atoms with Crippen LogP contribution in [-0.2, 0) is 10.3 Å². The molecule has 2 rings (SSSR count). The molecule has 1 amide bonds. The molecule has 1 heterocycles. The average molecular weight is 347 g/mol. The molecule has 2 N–H and O–H groups in total. The van der Waals surface area contributed by atoms with Crippen molar-refractivity contribution in [2.24, 2.45) is 0 Å². The minimum absolute atomic E-state index is 0.0521. The Balaban J connectivity index is 1.74. The second-order valence-electron chi connectivity index (χ2n) is 6.60. The van der Waals surface area contributed by atoms with Gasteiger partial charge in [0, 0.05) is 24.5 Å². The van der Waals surface area contributed by atoms with Crippen molar-refractivity contribution in [3.05, 3.63) is 48.3 Å². The van der Waals surface area contributed by atoms with Gasteiger partial charge in [0.2, 0.25) is 5.91 Å². The van der Waals surface area contributed by atoms with Crippen molar-refractivity contribution < 1.29 is 9.90 Å². The van der Waals surface area contributed by atoms with Gasteiger partial charge >= 0.3 is 0 Å². The van der Waals surface area contributed by atoms with Crippen LogP contribution in [0.5, 0.6) is 0 Å². The maximum Gasteiger partial charge on any atom is 0.230 e. The van der Waals surface area contributed by atoms with Gasteiger partial charge in [-0.2, -0.15) is 0 Å². The second kappa shape index (κ2) is 8.35. The van der Waals surface area contributed by atoms with E-state index in [0.29, 0.717) is 18.7 Å². The molecule has 0 saturated carbocycles. The predicted molar refractivity (Wildman–Crippen MR) is 97.0 cm³/mol. The zero-order valence-electron chi connectivity index (χ0n) is 14.4. The summed E-state index contributed by atoms with van der Waals surface area (Å²) in [6.45, 7) is 6.75. The van der Waals surface area contributed by atoms with Crippen LogP contribution in [0.4, 0.5) is 0 Å². The predicted octanol–water partition coefficient (Wildman–Crippen LogP) is 2.97. The molecule has 1 unspecified atom stereocenters. The second-order valence-corrected chi connectivity index (χ2v) is 7.55. The van der Waals surface area contributed by atoms with Gasteiger partial charge in [-0.15, -0.1) is 0 Å². The number of aliphatic hydroxyl groups is 1.